The Morgan fingerprint density at radius 2 is 2.05 bits per heavy atom. The van der Waals surface area contributed by atoms with E-state index in [1.807, 2.05) is 0 Å². The monoisotopic (exact) mass is 311 g/mol. The topological polar surface area (TPSA) is 84.3 Å². The molecule has 0 aliphatic carbocycles. The molecular formula is C13H13NO4S2. The van der Waals surface area contributed by atoms with Gasteiger partial charge in [0.1, 0.15) is 10.8 Å². The number of benzene rings is 1. The van der Waals surface area contributed by atoms with Gasteiger partial charge in [0.15, 0.2) is 9.84 Å². The molecule has 0 unspecified atom stereocenters. The van der Waals surface area contributed by atoms with Crippen molar-refractivity contribution in [3.63, 3.8) is 0 Å². The molecular weight excluding hydrogens is 298 g/mol. The fourth-order valence-corrected chi connectivity index (χ4v) is 4.48. The number of hydrogen-bond acceptors (Lipinski definition) is 5. The van der Waals surface area contributed by atoms with Crippen LogP contribution in [-0.4, -0.2) is 24.5 Å². The fourth-order valence-electron chi connectivity index (χ4n) is 1.78. The lowest BCUT2D eigenvalue weighted by atomic mass is 10.1. The van der Waals surface area contributed by atoms with Crippen LogP contribution in [0.2, 0.25) is 0 Å². The van der Waals surface area contributed by atoms with E-state index in [9.17, 15) is 13.2 Å². The van der Waals surface area contributed by atoms with E-state index in [2.05, 4.69) is 4.98 Å². The Kier molecular flexibility index (Phi) is 3.92. The summed E-state index contributed by atoms with van der Waals surface area (Å²) in [6, 6.07) is 4.10. The smallest absolute Gasteiger partial charge is 0.335 e. The fraction of sp³-hybridized carbons (Fsp3) is 0.231. The number of aryl methyl sites for hydroxylation is 2. The average molecular weight is 311 g/mol. The minimum absolute atomic E-state index is 0.0375. The molecule has 1 N–H and O–H groups in total. The summed E-state index contributed by atoms with van der Waals surface area (Å²) in [4.78, 5) is 15.1. The van der Waals surface area contributed by atoms with Crippen LogP contribution in [0.25, 0.3) is 0 Å². The predicted molar refractivity (Wildman–Crippen MR) is 75.9 cm³/mol. The van der Waals surface area contributed by atoms with Crippen molar-refractivity contribution in [2.24, 2.45) is 0 Å². The molecule has 1 heterocycles. The number of nitrogens with zero attached hydrogens (tertiary/aromatic N) is 1. The molecule has 2 rings (SSSR count). The number of carbonyl (C=O) groups is 1. The van der Waals surface area contributed by atoms with Crippen LogP contribution < -0.4 is 0 Å². The van der Waals surface area contributed by atoms with Gasteiger partial charge in [-0.15, -0.1) is 11.3 Å². The van der Waals surface area contributed by atoms with E-state index in [4.69, 9.17) is 5.11 Å². The van der Waals surface area contributed by atoms with Gasteiger partial charge < -0.3 is 5.11 Å². The zero-order chi connectivity index (χ0) is 14.9. The highest BCUT2D eigenvalue weighted by Crippen LogP contribution is 2.23. The number of aromatic nitrogens is 1. The number of carboxylic acids is 1. The summed E-state index contributed by atoms with van der Waals surface area (Å²) in [6.45, 7) is 3.44. The van der Waals surface area contributed by atoms with E-state index in [1.54, 1.807) is 19.2 Å². The third-order valence-electron chi connectivity index (χ3n) is 2.75. The molecule has 0 amide bonds. The van der Waals surface area contributed by atoms with Crippen LogP contribution in [0.15, 0.2) is 28.5 Å². The molecule has 0 radical (unpaired) electrons. The lowest BCUT2D eigenvalue weighted by Crippen LogP contribution is -2.08. The number of thiazole rings is 1. The minimum atomic E-state index is -3.60. The second-order valence-corrected chi connectivity index (χ2v) is 7.33. The first kappa shape index (κ1) is 14.7. The summed E-state index contributed by atoms with van der Waals surface area (Å²) in [5, 5.41) is 11.2. The molecule has 0 saturated carbocycles. The van der Waals surface area contributed by atoms with Gasteiger partial charge in [0.25, 0.3) is 0 Å². The van der Waals surface area contributed by atoms with Crippen LogP contribution in [0.4, 0.5) is 0 Å². The van der Waals surface area contributed by atoms with Gasteiger partial charge in [-0.1, -0.05) is 6.07 Å². The van der Waals surface area contributed by atoms with Gasteiger partial charge in [-0.05, 0) is 31.5 Å². The van der Waals surface area contributed by atoms with E-state index < -0.39 is 15.8 Å². The molecule has 0 aliphatic heterocycles. The highest BCUT2D eigenvalue weighted by molar-refractivity contribution is 7.90. The number of aromatic carboxylic acids is 1. The Bertz CT molecular complexity index is 762. The van der Waals surface area contributed by atoms with E-state index >= 15 is 0 Å². The van der Waals surface area contributed by atoms with Crippen LogP contribution in [0.5, 0.6) is 0 Å². The highest BCUT2D eigenvalue weighted by atomic mass is 32.2. The maximum atomic E-state index is 12.4. The van der Waals surface area contributed by atoms with Crippen LogP contribution in [0.1, 0.15) is 26.6 Å². The maximum Gasteiger partial charge on any atom is 0.335 e. The molecule has 1 aromatic heterocycles. The van der Waals surface area contributed by atoms with Crippen molar-refractivity contribution in [3.05, 3.63) is 45.4 Å². The Hall–Kier alpha value is -1.73. The summed E-state index contributed by atoms with van der Waals surface area (Å²) < 4.78 is 24.8. The summed E-state index contributed by atoms with van der Waals surface area (Å²) in [7, 11) is -3.60. The molecule has 0 fully saturated rings. The predicted octanol–water partition coefficient (Wildman–Crippen LogP) is 2.43. The molecule has 5 nitrogen and oxygen atoms in total. The Morgan fingerprint density at radius 1 is 1.35 bits per heavy atom. The van der Waals surface area contributed by atoms with Gasteiger partial charge in [-0.3, -0.25) is 0 Å². The van der Waals surface area contributed by atoms with Crippen molar-refractivity contribution >= 4 is 27.1 Å². The molecule has 0 spiro atoms. The molecule has 20 heavy (non-hydrogen) atoms. The zero-order valence-corrected chi connectivity index (χ0v) is 12.6. The van der Waals surface area contributed by atoms with Gasteiger partial charge in [0.05, 0.1) is 10.5 Å². The third-order valence-corrected chi connectivity index (χ3v) is 5.66. The van der Waals surface area contributed by atoms with Gasteiger partial charge in [-0.25, -0.2) is 18.2 Å². The van der Waals surface area contributed by atoms with Crippen LogP contribution in [0, 0.1) is 13.8 Å². The van der Waals surface area contributed by atoms with Crippen molar-refractivity contribution in [3.8, 4) is 0 Å². The number of sulfone groups is 1. The Morgan fingerprint density at radius 3 is 2.60 bits per heavy atom. The van der Waals surface area contributed by atoms with E-state index in [0.717, 1.165) is 5.69 Å². The first-order valence-electron chi connectivity index (χ1n) is 5.77. The standard InChI is InChI=1S/C13H13NO4S2/c1-8-3-4-10(13(15)16)5-11(8)20(17,18)7-12-14-9(2)6-19-12/h3-6H,7H2,1-2H3,(H,15,16). The number of carboxylic acid groups (broad SMARTS) is 1. The molecule has 7 heteroatoms. The molecule has 2 aromatic rings. The normalized spacial score (nSPS) is 11.5. The van der Waals surface area contributed by atoms with Gasteiger partial charge in [0.2, 0.25) is 0 Å². The van der Waals surface area contributed by atoms with Gasteiger partial charge in [-0.2, -0.15) is 0 Å². The van der Waals surface area contributed by atoms with E-state index in [0.29, 0.717) is 10.6 Å². The molecule has 1 aromatic carbocycles. The van der Waals surface area contributed by atoms with Crippen molar-refractivity contribution in [2.75, 3.05) is 0 Å². The minimum Gasteiger partial charge on any atom is -0.478 e. The molecule has 0 saturated heterocycles. The second-order valence-electron chi connectivity index (χ2n) is 4.43. The second kappa shape index (κ2) is 5.34. The summed E-state index contributed by atoms with van der Waals surface area (Å²) in [6.07, 6.45) is 0. The van der Waals surface area contributed by atoms with E-state index in [-0.39, 0.29) is 16.2 Å². The summed E-state index contributed by atoms with van der Waals surface area (Å²) in [5.74, 6) is -1.36. The molecule has 0 atom stereocenters. The quantitative estimate of drug-likeness (QED) is 0.937. The first-order valence-corrected chi connectivity index (χ1v) is 8.30. The zero-order valence-electron chi connectivity index (χ0n) is 11.0. The largest absolute Gasteiger partial charge is 0.478 e. The maximum absolute atomic E-state index is 12.4. The lowest BCUT2D eigenvalue weighted by Gasteiger charge is -2.07. The number of hydrogen-bond donors (Lipinski definition) is 1. The van der Waals surface area contributed by atoms with Crippen LogP contribution in [-0.2, 0) is 15.6 Å². The molecule has 0 bridgehead atoms. The first-order chi connectivity index (χ1) is 9.29. The molecule has 0 aliphatic rings. The van der Waals surface area contributed by atoms with Crippen molar-refractivity contribution in [2.45, 2.75) is 24.5 Å². The highest BCUT2D eigenvalue weighted by Gasteiger charge is 2.21. The lowest BCUT2D eigenvalue weighted by molar-refractivity contribution is 0.0696. The van der Waals surface area contributed by atoms with Crippen LogP contribution in [0.3, 0.4) is 0 Å². The number of rotatable bonds is 4. The summed E-state index contributed by atoms with van der Waals surface area (Å²) >= 11 is 1.28. The SMILES string of the molecule is Cc1csc(CS(=O)(=O)c2cc(C(=O)O)ccc2C)n1. The van der Waals surface area contributed by atoms with Gasteiger partial charge >= 0.3 is 5.97 Å². The van der Waals surface area contributed by atoms with E-state index in [1.165, 1.54) is 29.5 Å². The Labute approximate surface area is 120 Å². The Balaban J connectivity index is 2.43. The molecule has 106 valence electrons. The van der Waals surface area contributed by atoms with Crippen molar-refractivity contribution < 1.29 is 18.3 Å². The average Bonchev–Trinajstić information content (AvgIpc) is 2.73. The van der Waals surface area contributed by atoms with Gasteiger partial charge in [0, 0.05) is 11.1 Å². The van der Waals surface area contributed by atoms with Crippen molar-refractivity contribution in [1.82, 2.24) is 4.98 Å². The van der Waals surface area contributed by atoms with Crippen molar-refractivity contribution in [1.29, 1.82) is 0 Å². The summed E-state index contributed by atoms with van der Waals surface area (Å²) in [5.41, 5.74) is 1.27. The third kappa shape index (κ3) is 3.05. The van der Waals surface area contributed by atoms with Crippen LogP contribution >= 0.6 is 11.3 Å².